The Morgan fingerprint density at radius 3 is 2.81 bits per heavy atom. The number of H-pyrrole nitrogens is 2. The average molecular weight is 365 g/mol. The first-order valence-electron chi connectivity index (χ1n) is 8.07. The van der Waals surface area contributed by atoms with Gasteiger partial charge < -0.3 is 10.4 Å². The second kappa shape index (κ2) is 6.36. The normalized spacial score (nSPS) is 13.5. The van der Waals surface area contributed by atoms with Crippen LogP contribution >= 0.6 is 11.3 Å². The number of anilines is 1. The van der Waals surface area contributed by atoms with E-state index in [2.05, 4.69) is 20.3 Å². The molecule has 0 aliphatic carbocycles. The van der Waals surface area contributed by atoms with Crippen molar-refractivity contribution in [2.45, 2.75) is 12.5 Å². The Kier molecular flexibility index (Phi) is 4.02. The second-order valence-electron chi connectivity index (χ2n) is 6.15. The molecule has 2 aromatic carbocycles. The fraction of sp³-hybridized carbons (Fsp3) is 0.105. The maximum Gasteiger partial charge on any atom is 0.305 e. The van der Waals surface area contributed by atoms with Gasteiger partial charge >= 0.3 is 5.82 Å². The van der Waals surface area contributed by atoms with Gasteiger partial charge in [0.1, 0.15) is 0 Å². The Morgan fingerprint density at radius 1 is 1.27 bits per heavy atom. The van der Waals surface area contributed by atoms with Crippen molar-refractivity contribution in [2.75, 3.05) is 5.32 Å². The number of carbonyl (C=O) groups is 1. The molecular formula is C19H17N4O2S+. The first-order chi connectivity index (χ1) is 12.5. The number of nitrogens with zero attached hydrogens (tertiary/aromatic N) is 1. The highest BCUT2D eigenvalue weighted by atomic mass is 32.1. The van der Waals surface area contributed by atoms with Gasteiger partial charge in [-0.15, -0.1) is 11.3 Å². The molecule has 26 heavy (non-hydrogen) atoms. The summed E-state index contributed by atoms with van der Waals surface area (Å²) in [5.41, 5.74) is 3.86. The molecule has 4 N–H and O–H groups in total. The van der Waals surface area contributed by atoms with Crippen LogP contribution in [0, 0.1) is 0 Å². The van der Waals surface area contributed by atoms with E-state index in [1.165, 1.54) is 18.3 Å². The number of rotatable bonds is 4. The molecule has 1 amide bonds. The minimum atomic E-state index is -1.62. The van der Waals surface area contributed by atoms with Crippen molar-refractivity contribution in [1.82, 2.24) is 9.97 Å². The maximum absolute atomic E-state index is 12.6. The van der Waals surface area contributed by atoms with Crippen LogP contribution in [0.2, 0.25) is 0 Å². The molecular weight excluding hydrogens is 348 g/mol. The van der Waals surface area contributed by atoms with Gasteiger partial charge in [-0.25, -0.2) is 15.0 Å². The van der Waals surface area contributed by atoms with Crippen molar-refractivity contribution < 1.29 is 14.9 Å². The van der Waals surface area contributed by atoms with E-state index in [0.29, 0.717) is 11.3 Å². The van der Waals surface area contributed by atoms with E-state index in [-0.39, 0.29) is 0 Å². The van der Waals surface area contributed by atoms with Crippen LogP contribution in [-0.4, -0.2) is 21.0 Å². The second-order valence-corrected chi connectivity index (χ2v) is 6.87. The minimum absolute atomic E-state index is 0.488. The van der Waals surface area contributed by atoms with E-state index in [1.807, 2.05) is 23.6 Å². The van der Waals surface area contributed by atoms with Gasteiger partial charge in [-0.2, -0.15) is 0 Å². The minimum Gasteiger partial charge on any atom is -0.376 e. The number of amides is 1. The maximum atomic E-state index is 12.6. The molecule has 0 aliphatic heterocycles. The van der Waals surface area contributed by atoms with Crippen molar-refractivity contribution >= 4 is 34.0 Å². The monoisotopic (exact) mass is 365 g/mol. The van der Waals surface area contributed by atoms with Crippen molar-refractivity contribution in [2.24, 2.45) is 0 Å². The summed E-state index contributed by atoms with van der Waals surface area (Å²) in [6.07, 6.45) is 0. The number of carbonyl (C=O) groups excluding carboxylic acids is 1. The van der Waals surface area contributed by atoms with Gasteiger partial charge in [-0.1, -0.05) is 30.3 Å². The highest BCUT2D eigenvalue weighted by Crippen LogP contribution is 2.24. The van der Waals surface area contributed by atoms with Gasteiger partial charge in [0.05, 0.1) is 5.51 Å². The van der Waals surface area contributed by atoms with Gasteiger partial charge in [0.2, 0.25) is 0 Å². The van der Waals surface area contributed by atoms with Gasteiger partial charge in [0.25, 0.3) is 5.91 Å². The number of imidazole rings is 1. The number of nitrogens with one attached hydrogen (secondary N) is 3. The van der Waals surface area contributed by atoms with E-state index >= 15 is 0 Å². The van der Waals surface area contributed by atoms with Crippen LogP contribution in [0.25, 0.3) is 22.6 Å². The third-order valence-electron chi connectivity index (χ3n) is 4.26. The molecule has 0 saturated heterocycles. The summed E-state index contributed by atoms with van der Waals surface area (Å²) in [4.78, 5) is 23.4. The fourth-order valence-corrected chi connectivity index (χ4v) is 3.29. The molecule has 0 saturated carbocycles. The molecule has 4 aromatic rings. The number of fused-ring (bicyclic) bond motifs is 1. The molecule has 0 radical (unpaired) electrons. The lowest BCUT2D eigenvalue weighted by molar-refractivity contribution is -0.330. The number of aliphatic hydroxyl groups is 1. The summed E-state index contributed by atoms with van der Waals surface area (Å²) in [5, 5.41) is 15.4. The summed E-state index contributed by atoms with van der Waals surface area (Å²) in [5.74, 6) is 0.319. The number of hydrogen-bond donors (Lipinski definition) is 3. The molecule has 2 aromatic heterocycles. The molecule has 6 nitrogen and oxygen atoms in total. The van der Waals surface area contributed by atoms with Crippen molar-refractivity contribution in [3.8, 4) is 11.5 Å². The van der Waals surface area contributed by atoms with Crippen LogP contribution < -0.4 is 10.3 Å². The Balaban J connectivity index is 1.60. The molecule has 0 aliphatic rings. The standard InChI is InChI=1S/C19H16N4O2S/c1-19(25,12-5-3-2-4-6-12)18(24)21-13-7-8-14-15(9-13)23-17(22-14)16-10-26-11-20-16/h2-11,25H,1H3,(H,21,24)(H,22,23)/p+1/t19-/m0/s1. The molecule has 0 fully saturated rings. The number of aromatic nitrogens is 3. The van der Waals surface area contributed by atoms with Crippen LogP contribution in [0.3, 0.4) is 0 Å². The van der Waals surface area contributed by atoms with E-state index in [0.717, 1.165) is 22.6 Å². The summed E-state index contributed by atoms with van der Waals surface area (Å²) in [7, 11) is 0. The van der Waals surface area contributed by atoms with E-state index in [9.17, 15) is 9.90 Å². The van der Waals surface area contributed by atoms with Crippen LogP contribution in [0.5, 0.6) is 0 Å². The Morgan fingerprint density at radius 2 is 2.08 bits per heavy atom. The molecule has 0 unspecified atom stereocenters. The molecule has 7 heteroatoms. The van der Waals surface area contributed by atoms with Crippen molar-refractivity contribution in [3.63, 3.8) is 0 Å². The molecule has 2 heterocycles. The predicted octanol–water partition coefficient (Wildman–Crippen LogP) is 2.95. The Bertz CT molecular complexity index is 1060. The third-order valence-corrected chi connectivity index (χ3v) is 4.85. The van der Waals surface area contributed by atoms with Crippen LogP contribution in [0.15, 0.2) is 59.4 Å². The van der Waals surface area contributed by atoms with E-state index < -0.39 is 11.5 Å². The topological polar surface area (TPSA) is 92.2 Å². The lowest BCUT2D eigenvalue weighted by atomic mass is 9.95. The molecule has 130 valence electrons. The number of benzene rings is 2. The average Bonchev–Trinajstić information content (AvgIpc) is 3.31. The lowest BCUT2D eigenvalue weighted by Gasteiger charge is -2.22. The van der Waals surface area contributed by atoms with E-state index in [1.54, 1.807) is 35.8 Å². The quantitative estimate of drug-likeness (QED) is 0.519. The zero-order valence-electron chi connectivity index (χ0n) is 14.0. The van der Waals surface area contributed by atoms with Crippen LogP contribution in [0.4, 0.5) is 5.69 Å². The largest absolute Gasteiger partial charge is 0.376 e. The lowest BCUT2D eigenvalue weighted by Crippen LogP contribution is -2.37. The summed E-state index contributed by atoms with van der Waals surface area (Å²) >= 11 is 1.52. The van der Waals surface area contributed by atoms with Gasteiger partial charge in [-0.05, 0) is 24.6 Å². The summed E-state index contributed by atoms with van der Waals surface area (Å²) in [6.45, 7) is 1.49. The predicted molar refractivity (Wildman–Crippen MR) is 101 cm³/mol. The summed E-state index contributed by atoms with van der Waals surface area (Å²) in [6, 6.07) is 14.3. The number of aromatic amines is 2. The van der Waals surface area contributed by atoms with Gasteiger partial charge in [0.15, 0.2) is 22.3 Å². The van der Waals surface area contributed by atoms with Crippen LogP contribution in [0.1, 0.15) is 12.5 Å². The Hall–Kier alpha value is -3.03. The van der Waals surface area contributed by atoms with E-state index in [4.69, 9.17) is 0 Å². The first kappa shape index (κ1) is 16.4. The zero-order chi connectivity index (χ0) is 18.1. The number of thiazole rings is 1. The molecule has 0 bridgehead atoms. The highest BCUT2D eigenvalue weighted by Gasteiger charge is 2.32. The molecule has 1 atom stereocenters. The van der Waals surface area contributed by atoms with Gasteiger partial charge in [0, 0.05) is 17.1 Å². The van der Waals surface area contributed by atoms with Crippen LogP contribution in [-0.2, 0) is 10.4 Å². The SMILES string of the molecule is C[C@@](O)(C(=O)Nc1ccc2[nH+]c(-c3cscn3)[nH]c2c1)c1ccccc1. The molecule has 0 spiro atoms. The fourth-order valence-electron chi connectivity index (χ4n) is 2.75. The smallest absolute Gasteiger partial charge is 0.305 e. The molecule has 4 rings (SSSR count). The van der Waals surface area contributed by atoms with Gasteiger partial charge in [-0.3, -0.25) is 4.79 Å². The number of hydrogen-bond acceptors (Lipinski definition) is 4. The Labute approximate surface area is 153 Å². The van der Waals surface area contributed by atoms with Crippen molar-refractivity contribution in [3.05, 3.63) is 65.0 Å². The zero-order valence-corrected chi connectivity index (χ0v) is 14.8. The summed E-state index contributed by atoms with van der Waals surface area (Å²) < 4.78 is 0. The first-order valence-corrected chi connectivity index (χ1v) is 9.01. The third kappa shape index (κ3) is 2.98. The highest BCUT2D eigenvalue weighted by molar-refractivity contribution is 7.07. The van der Waals surface area contributed by atoms with Crippen molar-refractivity contribution in [1.29, 1.82) is 0 Å².